The number of nitrogens with one attached hydrogen (secondary N) is 1. The molecule has 2 aromatic rings. The minimum Gasteiger partial charge on any atom is -0.377 e. The molecule has 8 heteroatoms. The summed E-state index contributed by atoms with van der Waals surface area (Å²) in [6.45, 7) is 5.50. The van der Waals surface area contributed by atoms with E-state index in [4.69, 9.17) is 4.74 Å². The van der Waals surface area contributed by atoms with Crippen LogP contribution in [0, 0.1) is 0 Å². The molecule has 2 aromatic heterocycles. The number of carbonyl (C=O) groups is 1. The first-order valence-electron chi connectivity index (χ1n) is 7.51. The Balaban J connectivity index is 1.85. The normalized spacial score (nSPS) is 18.2. The van der Waals surface area contributed by atoms with Gasteiger partial charge < -0.3 is 15.0 Å². The minimum atomic E-state index is -0.299. The first-order chi connectivity index (χ1) is 11.1. The molecule has 7 nitrogen and oxygen atoms in total. The van der Waals surface area contributed by atoms with Crippen LogP contribution in [0.5, 0.6) is 0 Å². The van der Waals surface area contributed by atoms with Crippen molar-refractivity contribution in [3.63, 3.8) is 0 Å². The summed E-state index contributed by atoms with van der Waals surface area (Å²) < 4.78 is 5.54. The molecular formula is C15H19N5O2S. The van der Waals surface area contributed by atoms with E-state index in [2.05, 4.69) is 20.3 Å². The molecule has 0 aromatic carbocycles. The van der Waals surface area contributed by atoms with Gasteiger partial charge >= 0.3 is 0 Å². The summed E-state index contributed by atoms with van der Waals surface area (Å²) >= 11 is 1.41. The molecule has 0 aliphatic carbocycles. The Morgan fingerprint density at radius 3 is 3.09 bits per heavy atom. The van der Waals surface area contributed by atoms with Gasteiger partial charge in [0.2, 0.25) is 0 Å². The van der Waals surface area contributed by atoms with Gasteiger partial charge in [0.25, 0.3) is 5.91 Å². The molecule has 1 N–H and O–H groups in total. The fourth-order valence-corrected chi connectivity index (χ4v) is 2.96. The lowest BCUT2D eigenvalue weighted by Crippen LogP contribution is -2.44. The van der Waals surface area contributed by atoms with E-state index in [0.717, 1.165) is 5.82 Å². The molecule has 3 heterocycles. The maximum Gasteiger partial charge on any atom is 0.274 e. The predicted octanol–water partition coefficient (Wildman–Crippen LogP) is 1.97. The van der Waals surface area contributed by atoms with Gasteiger partial charge in [-0.3, -0.25) is 4.79 Å². The van der Waals surface area contributed by atoms with Crippen molar-refractivity contribution in [2.45, 2.75) is 25.9 Å². The van der Waals surface area contributed by atoms with Crippen LogP contribution >= 0.6 is 11.3 Å². The van der Waals surface area contributed by atoms with Gasteiger partial charge in [-0.2, -0.15) is 0 Å². The zero-order valence-electron chi connectivity index (χ0n) is 13.1. The first-order valence-corrected chi connectivity index (χ1v) is 8.46. The number of carbonyl (C=O) groups excluding carboxylic acids is 1. The summed E-state index contributed by atoms with van der Waals surface area (Å²) in [6.07, 6.45) is 1.70. The van der Waals surface area contributed by atoms with Gasteiger partial charge in [0.1, 0.15) is 17.6 Å². The van der Waals surface area contributed by atoms with Crippen molar-refractivity contribution >= 4 is 23.1 Å². The zero-order chi connectivity index (χ0) is 16.2. The maximum absolute atomic E-state index is 12.7. The van der Waals surface area contributed by atoms with E-state index in [9.17, 15) is 4.79 Å². The molecule has 0 bridgehead atoms. The molecule has 3 rings (SSSR count). The molecule has 1 fully saturated rings. The predicted molar refractivity (Wildman–Crippen MR) is 87.5 cm³/mol. The van der Waals surface area contributed by atoms with Crippen molar-refractivity contribution in [2.75, 3.05) is 25.1 Å². The molecule has 0 radical (unpaired) electrons. The van der Waals surface area contributed by atoms with Crippen molar-refractivity contribution < 1.29 is 9.53 Å². The Morgan fingerprint density at radius 2 is 2.35 bits per heavy atom. The third kappa shape index (κ3) is 3.65. The van der Waals surface area contributed by atoms with Crippen LogP contribution in [0.15, 0.2) is 23.2 Å². The monoisotopic (exact) mass is 333 g/mol. The van der Waals surface area contributed by atoms with E-state index in [0.29, 0.717) is 31.3 Å². The molecule has 0 spiro atoms. The molecule has 122 valence electrons. The van der Waals surface area contributed by atoms with Crippen LogP contribution in [0.2, 0.25) is 0 Å². The standard InChI is InChI=1S/C15H19N5O2S/c1-10(2)18-13-3-4-16-14(19-13)12-7-22-6-5-20(12)15(21)11-8-23-9-17-11/h3-4,8-10,12H,5-7H2,1-2H3,(H,16,18,19)/t12-/m0/s1. The number of thiazole rings is 1. The van der Waals surface area contributed by atoms with Crippen molar-refractivity contribution in [3.8, 4) is 0 Å². The molecule has 1 aliphatic rings. The second-order valence-electron chi connectivity index (χ2n) is 5.56. The number of morpholine rings is 1. The van der Waals surface area contributed by atoms with E-state index in [-0.39, 0.29) is 18.0 Å². The number of aromatic nitrogens is 3. The highest BCUT2D eigenvalue weighted by molar-refractivity contribution is 7.07. The van der Waals surface area contributed by atoms with Gasteiger partial charge in [0, 0.05) is 24.2 Å². The first kappa shape index (κ1) is 15.8. The second kappa shape index (κ2) is 7.01. The molecule has 1 aliphatic heterocycles. The Hall–Kier alpha value is -2.06. The summed E-state index contributed by atoms with van der Waals surface area (Å²) in [5, 5.41) is 5.01. The van der Waals surface area contributed by atoms with Crippen molar-refractivity contribution in [2.24, 2.45) is 0 Å². The third-order valence-corrected chi connectivity index (χ3v) is 4.04. The Bertz CT molecular complexity index is 662. The number of hydrogen-bond acceptors (Lipinski definition) is 7. The van der Waals surface area contributed by atoms with Gasteiger partial charge in [-0.1, -0.05) is 0 Å². The summed E-state index contributed by atoms with van der Waals surface area (Å²) in [6, 6.07) is 1.79. The molecule has 0 saturated carbocycles. The number of rotatable bonds is 4. The second-order valence-corrected chi connectivity index (χ2v) is 6.28. The quantitative estimate of drug-likeness (QED) is 0.921. The van der Waals surface area contributed by atoms with Gasteiger partial charge in [-0.15, -0.1) is 11.3 Å². The molecule has 1 saturated heterocycles. The van der Waals surface area contributed by atoms with E-state index >= 15 is 0 Å². The fraction of sp³-hybridized carbons (Fsp3) is 0.467. The van der Waals surface area contributed by atoms with Crippen LogP contribution in [0.1, 0.15) is 36.2 Å². The summed E-state index contributed by atoms with van der Waals surface area (Å²) in [7, 11) is 0. The summed E-state index contributed by atoms with van der Waals surface area (Å²) in [5.74, 6) is 1.22. The molecular weight excluding hydrogens is 314 g/mol. The van der Waals surface area contributed by atoms with Crippen LogP contribution < -0.4 is 5.32 Å². The van der Waals surface area contributed by atoms with Crippen LogP contribution in [-0.2, 0) is 4.74 Å². The van der Waals surface area contributed by atoms with Crippen LogP contribution in [0.4, 0.5) is 5.82 Å². The topological polar surface area (TPSA) is 80.2 Å². The summed E-state index contributed by atoms with van der Waals surface area (Å²) in [5.41, 5.74) is 2.12. The Morgan fingerprint density at radius 1 is 1.48 bits per heavy atom. The highest BCUT2D eigenvalue weighted by atomic mass is 32.1. The highest BCUT2D eigenvalue weighted by Gasteiger charge is 2.32. The molecule has 0 unspecified atom stereocenters. The van der Waals surface area contributed by atoms with Gasteiger partial charge in [-0.05, 0) is 19.9 Å². The van der Waals surface area contributed by atoms with Crippen molar-refractivity contribution in [3.05, 3.63) is 34.7 Å². The maximum atomic E-state index is 12.7. The number of nitrogens with zero attached hydrogens (tertiary/aromatic N) is 4. The average Bonchev–Trinajstić information content (AvgIpc) is 3.08. The van der Waals surface area contributed by atoms with Crippen LogP contribution in [-0.4, -0.2) is 51.6 Å². The average molecular weight is 333 g/mol. The minimum absolute atomic E-state index is 0.106. The lowest BCUT2D eigenvalue weighted by molar-refractivity contribution is -0.00545. The lowest BCUT2D eigenvalue weighted by atomic mass is 10.2. The SMILES string of the molecule is CC(C)Nc1ccnc([C@@H]2COCCN2C(=O)c2cscn2)n1. The number of anilines is 1. The van der Waals surface area contributed by atoms with Crippen molar-refractivity contribution in [1.29, 1.82) is 0 Å². The Labute approximate surface area is 138 Å². The zero-order valence-corrected chi connectivity index (χ0v) is 13.9. The van der Waals surface area contributed by atoms with Crippen LogP contribution in [0.25, 0.3) is 0 Å². The molecule has 23 heavy (non-hydrogen) atoms. The smallest absolute Gasteiger partial charge is 0.274 e. The van der Waals surface area contributed by atoms with Crippen molar-refractivity contribution in [1.82, 2.24) is 19.9 Å². The number of amides is 1. The summed E-state index contributed by atoms with van der Waals surface area (Å²) in [4.78, 5) is 27.4. The third-order valence-electron chi connectivity index (χ3n) is 3.45. The van der Waals surface area contributed by atoms with Gasteiger partial charge in [0.05, 0.1) is 18.7 Å². The number of ether oxygens (including phenoxy) is 1. The Kier molecular flexibility index (Phi) is 4.82. The largest absolute Gasteiger partial charge is 0.377 e. The fourth-order valence-electron chi connectivity index (χ4n) is 2.44. The number of hydrogen-bond donors (Lipinski definition) is 1. The van der Waals surface area contributed by atoms with E-state index in [1.54, 1.807) is 22.0 Å². The van der Waals surface area contributed by atoms with Gasteiger partial charge in [0.15, 0.2) is 5.82 Å². The van der Waals surface area contributed by atoms with E-state index < -0.39 is 0 Å². The van der Waals surface area contributed by atoms with E-state index in [1.807, 2.05) is 19.9 Å². The van der Waals surface area contributed by atoms with Gasteiger partial charge in [-0.25, -0.2) is 15.0 Å². The molecule has 1 amide bonds. The highest BCUT2D eigenvalue weighted by Crippen LogP contribution is 2.24. The lowest BCUT2D eigenvalue weighted by Gasteiger charge is -2.34. The molecule has 1 atom stereocenters. The van der Waals surface area contributed by atoms with E-state index in [1.165, 1.54) is 11.3 Å². The van der Waals surface area contributed by atoms with Crippen LogP contribution in [0.3, 0.4) is 0 Å².